The van der Waals surface area contributed by atoms with Gasteiger partial charge in [-0.1, -0.05) is 5.16 Å². The molecule has 8 nitrogen and oxygen atoms in total. The van der Waals surface area contributed by atoms with E-state index in [0.29, 0.717) is 41.3 Å². The number of aromatic nitrogens is 5. The van der Waals surface area contributed by atoms with Crippen molar-refractivity contribution in [3.05, 3.63) is 23.8 Å². The highest BCUT2D eigenvalue weighted by Crippen LogP contribution is 2.20. The molecular weight excluding hydrogens is 248 g/mol. The summed E-state index contributed by atoms with van der Waals surface area (Å²) in [6, 6.07) is 3.53. The van der Waals surface area contributed by atoms with Crippen LogP contribution >= 0.6 is 0 Å². The second-order valence-electron chi connectivity index (χ2n) is 3.99. The number of nitrogens with two attached hydrogens (primary N) is 1. The Morgan fingerprint density at radius 3 is 2.84 bits per heavy atom. The van der Waals surface area contributed by atoms with E-state index in [9.17, 15) is 0 Å². The first-order valence-electron chi connectivity index (χ1n) is 5.63. The molecule has 0 fully saturated rings. The maximum Gasteiger partial charge on any atom is 0.246 e. The molecule has 19 heavy (non-hydrogen) atoms. The Morgan fingerprint density at radius 1 is 1.32 bits per heavy atom. The summed E-state index contributed by atoms with van der Waals surface area (Å²) >= 11 is 0. The molecule has 0 aliphatic carbocycles. The number of aryl methyl sites for hydroxylation is 1. The quantitative estimate of drug-likeness (QED) is 0.741. The van der Waals surface area contributed by atoms with Crippen LogP contribution in [-0.2, 0) is 6.54 Å². The molecule has 0 spiro atoms. The van der Waals surface area contributed by atoms with Gasteiger partial charge in [0.15, 0.2) is 11.5 Å². The highest BCUT2D eigenvalue weighted by atomic mass is 16.5. The number of rotatable bonds is 3. The molecule has 0 atom stereocenters. The molecule has 0 saturated heterocycles. The molecule has 3 heterocycles. The predicted molar refractivity (Wildman–Crippen MR) is 66.6 cm³/mol. The van der Waals surface area contributed by atoms with E-state index >= 15 is 0 Å². The fourth-order valence-electron chi connectivity index (χ4n) is 1.81. The molecule has 0 aliphatic rings. The topological polar surface area (TPSA) is 105 Å². The second-order valence-corrected chi connectivity index (χ2v) is 3.99. The smallest absolute Gasteiger partial charge is 0.246 e. The van der Waals surface area contributed by atoms with Crippen LogP contribution in [0.1, 0.15) is 11.7 Å². The number of fused-ring (bicyclic) bond motifs is 1. The molecule has 0 aliphatic heterocycles. The molecule has 0 radical (unpaired) electrons. The van der Waals surface area contributed by atoms with Gasteiger partial charge in [0.25, 0.3) is 0 Å². The molecule has 3 aromatic heterocycles. The van der Waals surface area contributed by atoms with E-state index in [-0.39, 0.29) is 0 Å². The largest absolute Gasteiger partial charge is 0.481 e. The predicted octanol–water partition coefficient (Wildman–Crippen LogP) is 0.762. The summed E-state index contributed by atoms with van der Waals surface area (Å²) < 4.78 is 11.9. The van der Waals surface area contributed by atoms with Crippen LogP contribution < -0.4 is 10.5 Å². The Balaban J connectivity index is 2.08. The summed E-state index contributed by atoms with van der Waals surface area (Å²) in [6.45, 7) is 2.08. The van der Waals surface area contributed by atoms with Crippen molar-refractivity contribution < 1.29 is 9.26 Å². The molecule has 0 bridgehead atoms. The third-order valence-corrected chi connectivity index (χ3v) is 2.67. The van der Waals surface area contributed by atoms with Crippen molar-refractivity contribution in [1.82, 2.24) is 24.7 Å². The van der Waals surface area contributed by atoms with Gasteiger partial charge in [-0.3, -0.25) is 4.57 Å². The maximum absolute atomic E-state index is 5.88. The van der Waals surface area contributed by atoms with Gasteiger partial charge >= 0.3 is 0 Å². The Bertz CT molecular complexity index is 732. The van der Waals surface area contributed by atoms with Crippen molar-refractivity contribution >= 4 is 17.1 Å². The van der Waals surface area contributed by atoms with Crippen molar-refractivity contribution in [3.8, 4) is 5.88 Å². The van der Waals surface area contributed by atoms with Gasteiger partial charge in [0.1, 0.15) is 12.1 Å². The summed E-state index contributed by atoms with van der Waals surface area (Å²) in [7, 11) is 1.56. The van der Waals surface area contributed by atoms with Crippen molar-refractivity contribution in [2.45, 2.75) is 13.5 Å². The zero-order valence-electron chi connectivity index (χ0n) is 10.5. The van der Waals surface area contributed by atoms with Crippen LogP contribution in [0.4, 0.5) is 5.95 Å². The van der Waals surface area contributed by atoms with E-state index in [1.54, 1.807) is 30.7 Å². The van der Waals surface area contributed by atoms with Crippen molar-refractivity contribution in [2.75, 3.05) is 12.8 Å². The monoisotopic (exact) mass is 260 g/mol. The van der Waals surface area contributed by atoms with E-state index in [1.807, 2.05) is 0 Å². The zero-order chi connectivity index (χ0) is 13.4. The van der Waals surface area contributed by atoms with Gasteiger partial charge in [0, 0.05) is 6.07 Å². The second kappa shape index (κ2) is 4.23. The van der Waals surface area contributed by atoms with Gasteiger partial charge in [0.2, 0.25) is 17.7 Å². The molecule has 2 N–H and O–H groups in total. The lowest BCUT2D eigenvalue weighted by molar-refractivity contribution is 0.368. The minimum absolute atomic E-state index is 0.323. The SMILES string of the molecule is COc1ccc2nc(N)n(Cc3nc(C)no3)c2n1. The van der Waals surface area contributed by atoms with Gasteiger partial charge in [-0.15, -0.1) is 0 Å². The molecule has 3 aromatic rings. The van der Waals surface area contributed by atoms with E-state index in [0.717, 1.165) is 0 Å². The number of anilines is 1. The van der Waals surface area contributed by atoms with Crippen LogP contribution in [0.2, 0.25) is 0 Å². The number of ether oxygens (including phenoxy) is 1. The van der Waals surface area contributed by atoms with Gasteiger partial charge in [-0.2, -0.15) is 9.97 Å². The number of pyridine rings is 1. The highest BCUT2D eigenvalue weighted by Gasteiger charge is 2.13. The lowest BCUT2D eigenvalue weighted by atomic mass is 10.4. The molecule has 98 valence electrons. The average Bonchev–Trinajstić information content (AvgIpc) is 2.94. The zero-order valence-corrected chi connectivity index (χ0v) is 10.5. The number of nitrogen functional groups attached to an aromatic ring is 1. The minimum atomic E-state index is 0.323. The van der Waals surface area contributed by atoms with Crippen LogP contribution in [0.25, 0.3) is 11.2 Å². The van der Waals surface area contributed by atoms with Gasteiger partial charge in [-0.05, 0) is 13.0 Å². The lowest BCUT2D eigenvalue weighted by Gasteiger charge is -2.02. The van der Waals surface area contributed by atoms with Gasteiger partial charge in [-0.25, -0.2) is 4.98 Å². The molecular formula is C11H12N6O2. The number of methoxy groups -OCH3 is 1. The van der Waals surface area contributed by atoms with E-state index in [2.05, 4.69) is 20.1 Å². The Hall–Kier alpha value is -2.64. The summed E-state index contributed by atoms with van der Waals surface area (Å²) in [5.41, 5.74) is 7.19. The van der Waals surface area contributed by atoms with Crippen LogP contribution in [0.5, 0.6) is 5.88 Å². The standard InChI is InChI=1S/C11H12N6O2/c1-6-13-9(19-16-6)5-17-10-7(14-11(17)12)3-4-8(15-10)18-2/h3-4H,5H2,1-2H3,(H2,12,14). The van der Waals surface area contributed by atoms with Gasteiger partial charge in [0.05, 0.1) is 7.11 Å². The molecule has 8 heteroatoms. The molecule has 0 aromatic carbocycles. The molecule has 0 saturated carbocycles. The van der Waals surface area contributed by atoms with Crippen LogP contribution in [0, 0.1) is 6.92 Å². The average molecular weight is 260 g/mol. The van der Waals surface area contributed by atoms with E-state index in [1.165, 1.54) is 0 Å². The molecule has 0 amide bonds. The third kappa shape index (κ3) is 1.96. The Labute approximate surface area is 108 Å². The van der Waals surface area contributed by atoms with Gasteiger partial charge < -0.3 is 15.0 Å². The first-order valence-corrected chi connectivity index (χ1v) is 5.63. The first-order chi connectivity index (χ1) is 9.17. The number of nitrogens with zero attached hydrogens (tertiary/aromatic N) is 5. The van der Waals surface area contributed by atoms with E-state index in [4.69, 9.17) is 15.0 Å². The highest BCUT2D eigenvalue weighted by molar-refractivity contribution is 5.74. The van der Waals surface area contributed by atoms with Crippen LogP contribution in [0.3, 0.4) is 0 Å². The van der Waals surface area contributed by atoms with Crippen LogP contribution in [-0.4, -0.2) is 31.8 Å². The summed E-state index contributed by atoms with van der Waals surface area (Å²) in [5.74, 6) is 1.86. The normalized spacial score (nSPS) is 11.1. The summed E-state index contributed by atoms with van der Waals surface area (Å²) in [6.07, 6.45) is 0. The summed E-state index contributed by atoms with van der Waals surface area (Å²) in [4.78, 5) is 12.7. The third-order valence-electron chi connectivity index (χ3n) is 2.67. The molecule has 0 unspecified atom stereocenters. The minimum Gasteiger partial charge on any atom is -0.481 e. The fraction of sp³-hybridized carbons (Fsp3) is 0.273. The van der Waals surface area contributed by atoms with E-state index < -0.39 is 0 Å². The Kier molecular flexibility index (Phi) is 2.55. The summed E-state index contributed by atoms with van der Waals surface area (Å²) in [5, 5.41) is 3.73. The molecule has 3 rings (SSSR count). The fourth-order valence-corrected chi connectivity index (χ4v) is 1.81. The number of hydrogen-bond donors (Lipinski definition) is 1. The maximum atomic E-state index is 5.88. The van der Waals surface area contributed by atoms with Crippen molar-refractivity contribution in [1.29, 1.82) is 0 Å². The lowest BCUT2D eigenvalue weighted by Crippen LogP contribution is -2.06. The Morgan fingerprint density at radius 2 is 2.16 bits per heavy atom. The van der Waals surface area contributed by atoms with Crippen molar-refractivity contribution in [2.24, 2.45) is 0 Å². The number of hydrogen-bond acceptors (Lipinski definition) is 7. The first kappa shape index (κ1) is 11.5. The van der Waals surface area contributed by atoms with Crippen molar-refractivity contribution in [3.63, 3.8) is 0 Å². The number of imidazole rings is 1. The van der Waals surface area contributed by atoms with Crippen LogP contribution in [0.15, 0.2) is 16.7 Å².